The van der Waals surface area contributed by atoms with E-state index in [1.54, 1.807) is 7.11 Å². The molecule has 0 saturated heterocycles. The molecule has 1 heterocycles. The average Bonchev–Trinajstić information content (AvgIpc) is 2.94. The molecule has 0 radical (unpaired) electrons. The topological polar surface area (TPSA) is 35.5 Å². The van der Waals surface area contributed by atoms with Crippen molar-refractivity contribution >= 4 is 17.6 Å². The van der Waals surface area contributed by atoms with E-state index in [4.69, 9.17) is 9.47 Å². The molecule has 0 saturated carbocycles. The SMILES string of the molecule is COCCc1cccc(/C=C2\OC(=O)C=C2c2ccccc2)c1. The highest BCUT2D eigenvalue weighted by Gasteiger charge is 2.21. The van der Waals surface area contributed by atoms with E-state index in [0.29, 0.717) is 12.4 Å². The zero-order valence-corrected chi connectivity index (χ0v) is 13.0. The first kappa shape index (κ1) is 15.3. The molecule has 0 atom stereocenters. The Morgan fingerprint density at radius 2 is 1.91 bits per heavy atom. The molecule has 0 spiro atoms. The van der Waals surface area contributed by atoms with Gasteiger partial charge in [-0.2, -0.15) is 0 Å². The molecule has 3 heteroatoms. The van der Waals surface area contributed by atoms with Crippen molar-refractivity contribution in [2.75, 3.05) is 13.7 Å². The smallest absolute Gasteiger partial charge is 0.336 e. The summed E-state index contributed by atoms with van der Waals surface area (Å²) in [7, 11) is 1.70. The van der Waals surface area contributed by atoms with Gasteiger partial charge in [-0.3, -0.25) is 0 Å². The normalized spacial score (nSPS) is 15.6. The second-order valence-electron chi connectivity index (χ2n) is 5.34. The first-order chi connectivity index (χ1) is 11.3. The van der Waals surface area contributed by atoms with E-state index in [2.05, 4.69) is 12.1 Å². The van der Waals surface area contributed by atoms with Gasteiger partial charge < -0.3 is 9.47 Å². The number of carbonyl (C=O) groups excluding carboxylic acids is 1. The maximum atomic E-state index is 11.7. The van der Waals surface area contributed by atoms with E-state index in [-0.39, 0.29) is 5.97 Å². The molecule has 3 nitrogen and oxygen atoms in total. The first-order valence-electron chi connectivity index (χ1n) is 7.55. The molecule has 0 aliphatic carbocycles. The largest absolute Gasteiger partial charge is 0.423 e. The summed E-state index contributed by atoms with van der Waals surface area (Å²) in [5, 5.41) is 0. The minimum Gasteiger partial charge on any atom is -0.423 e. The van der Waals surface area contributed by atoms with Gasteiger partial charge in [-0.1, -0.05) is 54.6 Å². The standard InChI is InChI=1S/C20H18O3/c1-22-11-10-15-6-5-7-16(12-15)13-19-18(14-20(21)23-19)17-8-3-2-4-9-17/h2-9,12-14H,10-11H2,1H3/b19-13-. The number of methoxy groups -OCH3 is 1. The number of hydrogen-bond donors (Lipinski definition) is 0. The third-order valence-electron chi connectivity index (χ3n) is 3.67. The Kier molecular flexibility index (Phi) is 4.69. The Balaban J connectivity index is 1.89. The van der Waals surface area contributed by atoms with Crippen LogP contribution >= 0.6 is 0 Å². The van der Waals surface area contributed by atoms with E-state index in [0.717, 1.165) is 23.1 Å². The van der Waals surface area contributed by atoms with Crippen molar-refractivity contribution in [3.8, 4) is 0 Å². The van der Waals surface area contributed by atoms with Crippen LogP contribution < -0.4 is 0 Å². The Labute approximate surface area is 135 Å². The van der Waals surface area contributed by atoms with Crippen LogP contribution in [0.1, 0.15) is 16.7 Å². The molecule has 2 aromatic rings. The fourth-order valence-corrected chi connectivity index (χ4v) is 2.54. The quantitative estimate of drug-likeness (QED) is 0.787. The lowest BCUT2D eigenvalue weighted by Crippen LogP contribution is -1.95. The van der Waals surface area contributed by atoms with Gasteiger partial charge in [-0.05, 0) is 29.2 Å². The molecule has 1 aliphatic heterocycles. The summed E-state index contributed by atoms with van der Waals surface area (Å²) >= 11 is 0. The van der Waals surface area contributed by atoms with Gasteiger partial charge in [-0.25, -0.2) is 4.79 Å². The van der Waals surface area contributed by atoms with Crippen molar-refractivity contribution in [1.82, 2.24) is 0 Å². The maximum Gasteiger partial charge on any atom is 0.336 e. The fraction of sp³-hybridized carbons (Fsp3) is 0.150. The minimum absolute atomic E-state index is 0.328. The van der Waals surface area contributed by atoms with Crippen LogP contribution in [0.2, 0.25) is 0 Å². The predicted octanol–water partition coefficient (Wildman–Crippen LogP) is 3.86. The van der Waals surface area contributed by atoms with Gasteiger partial charge >= 0.3 is 5.97 Å². The molecule has 0 amide bonds. The molecule has 23 heavy (non-hydrogen) atoms. The summed E-state index contributed by atoms with van der Waals surface area (Å²) < 4.78 is 10.5. The number of ether oxygens (including phenoxy) is 2. The fourth-order valence-electron chi connectivity index (χ4n) is 2.54. The molecule has 116 valence electrons. The first-order valence-corrected chi connectivity index (χ1v) is 7.55. The summed E-state index contributed by atoms with van der Waals surface area (Å²) in [5.74, 6) is 0.260. The van der Waals surface area contributed by atoms with Crippen molar-refractivity contribution in [2.24, 2.45) is 0 Å². The molecule has 0 bridgehead atoms. The lowest BCUT2D eigenvalue weighted by molar-refractivity contribution is -0.132. The molecule has 1 aliphatic rings. The van der Waals surface area contributed by atoms with Crippen LogP contribution in [-0.2, 0) is 20.7 Å². The number of hydrogen-bond acceptors (Lipinski definition) is 3. The van der Waals surface area contributed by atoms with Gasteiger partial charge in [0.2, 0.25) is 0 Å². The molecular weight excluding hydrogens is 288 g/mol. The van der Waals surface area contributed by atoms with Crippen LogP contribution in [0, 0.1) is 0 Å². The van der Waals surface area contributed by atoms with Crippen LogP contribution in [0.15, 0.2) is 66.4 Å². The van der Waals surface area contributed by atoms with E-state index in [1.165, 1.54) is 11.6 Å². The third kappa shape index (κ3) is 3.76. The zero-order chi connectivity index (χ0) is 16.1. The summed E-state index contributed by atoms with van der Waals surface area (Å²) in [5.41, 5.74) is 3.99. The summed E-state index contributed by atoms with van der Waals surface area (Å²) in [6.07, 6.45) is 4.30. The van der Waals surface area contributed by atoms with Crippen molar-refractivity contribution in [2.45, 2.75) is 6.42 Å². The van der Waals surface area contributed by atoms with Gasteiger partial charge in [0.1, 0.15) is 5.76 Å². The number of allylic oxidation sites excluding steroid dienone is 1. The van der Waals surface area contributed by atoms with Gasteiger partial charge in [-0.15, -0.1) is 0 Å². The Morgan fingerprint density at radius 3 is 2.70 bits per heavy atom. The van der Waals surface area contributed by atoms with E-state index in [1.807, 2.05) is 48.5 Å². The van der Waals surface area contributed by atoms with Crippen LogP contribution in [0.3, 0.4) is 0 Å². The van der Waals surface area contributed by atoms with E-state index in [9.17, 15) is 4.79 Å². The van der Waals surface area contributed by atoms with Crippen molar-refractivity contribution < 1.29 is 14.3 Å². The molecule has 0 aromatic heterocycles. The summed E-state index contributed by atoms with van der Waals surface area (Å²) in [4.78, 5) is 11.7. The Hall–Kier alpha value is -2.65. The van der Waals surface area contributed by atoms with Crippen LogP contribution in [0.4, 0.5) is 0 Å². The Morgan fingerprint density at radius 1 is 1.09 bits per heavy atom. The summed E-state index contributed by atoms with van der Waals surface area (Å²) in [6.45, 7) is 0.685. The number of esters is 1. The van der Waals surface area contributed by atoms with Gasteiger partial charge in [0.25, 0.3) is 0 Å². The zero-order valence-electron chi connectivity index (χ0n) is 13.0. The van der Waals surface area contributed by atoms with Crippen molar-refractivity contribution in [3.05, 3.63) is 83.1 Å². The second-order valence-corrected chi connectivity index (χ2v) is 5.34. The number of carbonyl (C=O) groups is 1. The second kappa shape index (κ2) is 7.07. The number of cyclic esters (lactones) is 1. The number of rotatable bonds is 5. The molecule has 0 unspecified atom stereocenters. The Bertz CT molecular complexity index is 757. The predicted molar refractivity (Wildman–Crippen MR) is 90.5 cm³/mol. The number of benzene rings is 2. The van der Waals surface area contributed by atoms with Crippen molar-refractivity contribution in [1.29, 1.82) is 0 Å². The van der Waals surface area contributed by atoms with Crippen LogP contribution in [0.25, 0.3) is 11.6 Å². The minimum atomic E-state index is -0.328. The lowest BCUT2D eigenvalue weighted by Gasteiger charge is -2.06. The highest BCUT2D eigenvalue weighted by molar-refractivity contribution is 6.03. The maximum absolute atomic E-state index is 11.7. The molecule has 0 fully saturated rings. The third-order valence-corrected chi connectivity index (χ3v) is 3.67. The molecular formula is C20H18O3. The van der Waals surface area contributed by atoms with Gasteiger partial charge in [0, 0.05) is 18.8 Å². The average molecular weight is 306 g/mol. The lowest BCUT2D eigenvalue weighted by atomic mass is 10.0. The molecule has 2 aromatic carbocycles. The van der Waals surface area contributed by atoms with Gasteiger partial charge in [0.05, 0.1) is 6.61 Å². The highest BCUT2D eigenvalue weighted by Crippen LogP contribution is 2.31. The van der Waals surface area contributed by atoms with Crippen molar-refractivity contribution in [3.63, 3.8) is 0 Å². The molecule has 0 N–H and O–H groups in total. The van der Waals surface area contributed by atoms with Crippen LogP contribution in [0.5, 0.6) is 0 Å². The van der Waals surface area contributed by atoms with E-state index >= 15 is 0 Å². The van der Waals surface area contributed by atoms with E-state index < -0.39 is 0 Å². The summed E-state index contributed by atoms with van der Waals surface area (Å²) in [6, 6.07) is 17.9. The van der Waals surface area contributed by atoms with Gasteiger partial charge in [0.15, 0.2) is 0 Å². The highest BCUT2D eigenvalue weighted by atomic mass is 16.5. The monoisotopic (exact) mass is 306 g/mol. The molecule has 3 rings (SSSR count). The van der Waals surface area contributed by atoms with Crippen LogP contribution in [-0.4, -0.2) is 19.7 Å².